The van der Waals surface area contributed by atoms with Crippen LogP contribution >= 0.6 is 11.3 Å². The molecule has 0 fully saturated rings. The second kappa shape index (κ2) is 6.40. The number of hydrogen-bond donors (Lipinski definition) is 1. The number of hydrogen-bond acceptors (Lipinski definition) is 5. The summed E-state index contributed by atoms with van der Waals surface area (Å²) in [5.74, 6) is -0.218. The molecular weight excluding hydrogens is 212 g/mol. The number of nitrogens with zero attached hydrogens (tertiary/aromatic N) is 1. The van der Waals surface area contributed by atoms with E-state index >= 15 is 0 Å². The fourth-order valence-electron chi connectivity index (χ4n) is 1.06. The SMILES string of the molecule is CCCNc1nc(CC(=O)OCC)cs1. The van der Waals surface area contributed by atoms with Crippen LogP contribution in [0.2, 0.25) is 0 Å². The lowest BCUT2D eigenvalue weighted by Crippen LogP contribution is -2.08. The normalized spacial score (nSPS) is 10.0. The summed E-state index contributed by atoms with van der Waals surface area (Å²) in [6.45, 7) is 5.23. The minimum Gasteiger partial charge on any atom is -0.466 e. The van der Waals surface area contributed by atoms with E-state index in [-0.39, 0.29) is 12.4 Å². The Balaban J connectivity index is 2.42. The minimum atomic E-state index is -0.218. The van der Waals surface area contributed by atoms with E-state index in [0.717, 1.165) is 23.8 Å². The zero-order chi connectivity index (χ0) is 11.1. The molecule has 0 amide bonds. The molecule has 0 atom stereocenters. The molecule has 1 N–H and O–H groups in total. The van der Waals surface area contributed by atoms with Crippen LogP contribution in [0.5, 0.6) is 0 Å². The maximum absolute atomic E-state index is 11.2. The van der Waals surface area contributed by atoms with Gasteiger partial charge in [0.05, 0.1) is 18.7 Å². The number of nitrogens with one attached hydrogen (secondary N) is 1. The predicted molar refractivity (Wildman–Crippen MR) is 61.2 cm³/mol. The first-order valence-corrected chi connectivity index (χ1v) is 5.98. The van der Waals surface area contributed by atoms with Gasteiger partial charge in [-0.15, -0.1) is 11.3 Å². The van der Waals surface area contributed by atoms with Gasteiger partial charge in [0.15, 0.2) is 5.13 Å². The highest BCUT2D eigenvalue weighted by Gasteiger charge is 2.07. The van der Waals surface area contributed by atoms with Gasteiger partial charge in [0, 0.05) is 11.9 Å². The number of aromatic nitrogens is 1. The van der Waals surface area contributed by atoms with Gasteiger partial charge >= 0.3 is 5.97 Å². The Hall–Kier alpha value is -1.10. The fourth-order valence-corrected chi connectivity index (χ4v) is 1.80. The lowest BCUT2D eigenvalue weighted by molar-refractivity contribution is -0.142. The monoisotopic (exact) mass is 228 g/mol. The summed E-state index contributed by atoms with van der Waals surface area (Å²) in [5, 5.41) is 5.93. The second-order valence-electron chi connectivity index (χ2n) is 3.05. The molecule has 0 aliphatic heterocycles. The predicted octanol–water partition coefficient (Wildman–Crippen LogP) is 2.07. The molecular formula is C10H16N2O2S. The molecule has 0 saturated heterocycles. The Morgan fingerprint density at radius 1 is 1.60 bits per heavy atom. The van der Waals surface area contributed by atoms with E-state index < -0.39 is 0 Å². The van der Waals surface area contributed by atoms with Gasteiger partial charge in [0.1, 0.15) is 0 Å². The van der Waals surface area contributed by atoms with Crippen molar-refractivity contribution in [3.05, 3.63) is 11.1 Å². The van der Waals surface area contributed by atoms with Crippen molar-refractivity contribution in [2.24, 2.45) is 0 Å². The lowest BCUT2D eigenvalue weighted by atomic mass is 10.3. The third kappa shape index (κ3) is 4.29. The Morgan fingerprint density at radius 3 is 3.07 bits per heavy atom. The van der Waals surface area contributed by atoms with Gasteiger partial charge < -0.3 is 10.1 Å². The summed E-state index contributed by atoms with van der Waals surface area (Å²) in [6, 6.07) is 0. The maximum Gasteiger partial charge on any atom is 0.311 e. The van der Waals surface area contributed by atoms with Crippen molar-refractivity contribution in [1.82, 2.24) is 4.98 Å². The van der Waals surface area contributed by atoms with E-state index in [2.05, 4.69) is 17.2 Å². The molecule has 0 unspecified atom stereocenters. The van der Waals surface area contributed by atoms with Crippen molar-refractivity contribution in [2.45, 2.75) is 26.7 Å². The topological polar surface area (TPSA) is 51.2 Å². The summed E-state index contributed by atoms with van der Waals surface area (Å²) in [4.78, 5) is 15.4. The van der Waals surface area contributed by atoms with Gasteiger partial charge in [-0.1, -0.05) is 6.92 Å². The van der Waals surface area contributed by atoms with E-state index in [0.29, 0.717) is 6.61 Å². The van der Waals surface area contributed by atoms with E-state index in [1.54, 1.807) is 6.92 Å². The summed E-state index contributed by atoms with van der Waals surface area (Å²) in [7, 11) is 0. The first-order chi connectivity index (χ1) is 7.26. The molecule has 0 aliphatic rings. The molecule has 4 nitrogen and oxygen atoms in total. The van der Waals surface area contributed by atoms with Crippen molar-refractivity contribution >= 4 is 22.4 Å². The average Bonchev–Trinajstić information content (AvgIpc) is 2.63. The number of thiazole rings is 1. The molecule has 84 valence electrons. The summed E-state index contributed by atoms with van der Waals surface area (Å²) in [6.07, 6.45) is 1.32. The van der Waals surface area contributed by atoms with Crippen LogP contribution in [0.4, 0.5) is 5.13 Å². The van der Waals surface area contributed by atoms with Crippen LogP contribution in [0, 0.1) is 0 Å². The van der Waals surface area contributed by atoms with E-state index in [4.69, 9.17) is 4.74 Å². The highest BCUT2D eigenvalue weighted by Crippen LogP contribution is 2.15. The van der Waals surface area contributed by atoms with Crippen molar-refractivity contribution in [3.63, 3.8) is 0 Å². The van der Waals surface area contributed by atoms with Gasteiger partial charge in [0.2, 0.25) is 0 Å². The smallest absolute Gasteiger partial charge is 0.311 e. The van der Waals surface area contributed by atoms with E-state index in [1.165, 1.54) is 11.3 Å². The van der Waals surface area contributed by atoms with Crippen LogP contribution in [-0.2, 0) is 16.0 Å². The largest absolute Gasteiger partial charge is 0.466 e. The van der Waals surface area contributed by atoms with Crippen molar-refractivity contribution in [1.29, 1.82) is 0 Å². The number of ether oxygens (including phenoxy) is 1. The maximum atomic E-state index is 11.2. The first kappa shape index (κ1) is 12.0. The molecule has 1 aromatic rings. The standard InChI is InChI=1S/C10H16N2O2S/c1-3-5-11-10-12-8(7-15-10)6-9(13)14-4-2/h7H,3-6H2,1-2H3,(H,11,12). The molecule has 1 aromatic heterocycles. The quantitative estimate of drug-likeness (QED) is 0.757. The molecule has 0 spiro atoms. The molecule has 15 heavy (non-hydrogen) atoms. The molecule has 1 rings (SSSR count). The minimum absolute atomic E-state index is 0.218. The van der Waals surface area contributed by atoms with Crippen LogP contribution in [-0.4, -0.2) is 24.1 Å². The van der Waals surface area contributed by atoms with Crippen LogP contribution < -0.4 is 5.32 Å². The van der Waals surface area contributed by atoms with Gasteiger partial charge in [0.25, 0.3) is 0 Å². The molecule has 0 bridgehead atoms. The van der Waals surface area contributed by atoms with Crippen LogP contribution in [0.25, 0.3) is 0 Å². The Morgan fingerprint density at radius 2 is 2.40 bits per heavy atom. The van der Waals surface area contributed by atoms with Crippen molar-refractivity contribution in [3.8, 4) is 0 Å². The third-order valence-electron chi connectivity index (χ3n) is 1.71. The average molecular weight is 228 g/mol. The molecule has 0 aromatic carbocycles. The van der Waals surface area contributed by atoms with Crippen LogP contribution in [0.3, 0.4) is 0 Å². The zero-order valence-corrected chi connectivity index (χ0v) is 9.89. The molecule has 1 heterocycles. The summed E-state index contributed by atoms with van der Waals surface area (Å²) in [5.41, 5.74) is 0.775. The lowest BCUT2D eigenvalue weighted by Gasteiger charge is -1.99. The van der Waals surface area contributed by atoms with Crippen LogP contribution in [0.1, 0.15) is 26.0 Å². The highest BCUT2D eigenvalue weighted by atomic mass is 32.1. The second-order valence-corrected chi connectivity index (χ2v) is 3.91. The number of carbonyl (C=O) groups excluding carboxylic acids is 1. The van der Waals surface area contributed by atoms with E-state index in [1.807, 2.05) is 5.38 Å². The molecule has 0 saturated carbocycles. The van der Waals surface area contributed by atoms with Gasteiger partial charge in [-0.2, -0.15) is 0 Å². The summed E-state index contributed by atoms with van der Waals surface area (Å²) >= 11 is 1.52. The van der Waals surface area contributed by atoms with Gasteiger partial charge in [-0.25, -0.2) is 4.98 Å². The molecule has 0 aliphatic carbocycles. The van der Waals surface area contributed by atoms with Gasteiger partial charge in [-0.3, -0.25) is 4.79 Å². The third-order valence-corrected chi connectivity index (χ3v) is 2.56. The Labute approximate surface area is 93.7 Å². The zero-order valence-electron chi connectivity index (χ0n) is 9.08. The first-order valence-electron chi connectivity index (χ1n) is 5.10. The number of esters is 1. The fraction of sp³-hybridized carbons (Fsp3) is 0.600. The highest BCUT2D eigenvalue weighted by molar-refractivity contribution is 7.13. The van der Waals surface area contributed by atoms with Crippen molar-refractivity contribution in [2.75, 3.05) is 18.5 Å². The summed E-state index contributed by atoms with van der Waals surface area (Å²) < 4.78 is 4.84. The van der Waals surface area contributed by atoms with Crippen LogP contribution in [0.15, 0.2) is 5.38 Å². The number of carbonyl (C=O) groups is 1. The molecule has 5 heteroatoms. The molecule has 0 radical (unpaired) electrons. The Bertz CT molecular complexity index is 312. The number of anilines is 1. The van der Waals surface area contributed by atoms with E-state index in [9.17, 15) is 4.79 Å². The number of rotatable bonds is 6. The Kier molecular flexibility index (Phi) is 5.10. The van der Waals surface area contributed by atoms with Gasteiger partial charge in [-0.05, 0) is 13.3 Å². The van der Waals surface area contributed by atoms with Crippen molar-refractivity contribution < 1.29 is 9.53 Å².